The van der Waals surface area contributed by atoms with E-state index in [-0.39, 0.29) is 5.82 Å². The lowest BCUT2D eigenvalue weighted by molar-refractivity contribution is 0.629. The topological polar surface area (TPSA) is 43.8 Å². The van der Waals surface area contributed by atoms with Crippen molar-refractivity contribution in [1.29, 1.82) is 0 Å². The maximum absolute atomic E-state index is 13.2. The van der Waals surface area contributed by atoms with Crippen molar-refractivity contribution >= 4 is 16.7 Å². The van der Waals surface area contributed by atoms with Crippen molar-refractivity contribution in [3.05, 3.63) is 59.7 Å². The van der Waals surface area contributed by atoms with Gasteiger partial charge in [-0.2, -0.15) is 0 Å². The molecule has 3 rings (SSSR count). The Morgan fingerprint density at radius 3 is 2.84 bits per heavy atom. The highest BCUT2D eigenvalue weighted by Crippen LogP contribution is 2.19. The van der Waals surface area contributed by atoms with Crippen LogP contribution in [0.4, 0.5) is 10.1 Å². The molecule has 3 nitrogen and oxygen atoms in total. The fourth-order valence-electron chi connectivity index (χ4n) is 2.27. The van der Waals surface area contributed by atoms with E-state index in [1.54, 1.807) is 6.07 Å². The summed E-state index contributed by atoms with van der Waals surface area (Å²) in [6, 6.07) is 12.4. The van der Waals surface area contributed by atoms with Crippen LogP contribution in [0.15, 0.2) is 42.5 Å². The van der Waals surface area contributed by atoms with Crippen LogP contribution < -0.4 is 5.73 Å². The third kappa shape index (κ3) is 2.17. The van der Waals surface area contributed by atoms with E-state index in [0.717, 1.165) is 22.6 Å². The van der Waals surface area contributed by atoms with Gasteiger partial charge in [0.25, 0.3) is 0 Å². The fourth-order valence-corrected chi connectivity index (χ4v) is 2.27. The second kappa shape index (κ2) is 4.39. The molecule has 2 aromatic carbocycles. The number of nitrogens with two attached hydrogens (primary N) is 1. The van der Waals surface area contributed by atoms with E-state index in [4.69, 9.17) is 5.73 Å². The number of rotatable bonds is 2. The zero-order chi connectivity index (χ0) is 13.4. The van der Waals surface area contributed by atoms with Gasteiger partial charge in [0.15, 0.2) is 0 Å². The summed E-state index contributed by atoms with van der Waals surface area (Å²) < 4.78 is 15.2. The van der Waals surface area contributed by atoms with Crippen LogP contribution in [-0.4, -0.2) is 9.55 Å². The number of halogens is 1. The highest BCUT2D eigenvalue weighted by atomic mass is 19.1. The average Bonchev–Trinajstić information content (AvgIpc) is 2.66. The standard InChI is InChI=1S/C15H14FN3/c1-19-14-6-5-11(16)9-13(14)18-15(19)8-10-3-2-4-12(17)7-10/h2-7,9H,8,17H2,1H3. The number of nitrogen functional groups attached to an aromatic ring is 1. The number of imidazole rings is 1. The molecule has 0 amide bonds. The van der Waals surface area contributed by atoms with Gasteiger partial charge in [0.05, 0.1) is 11.0 Å². The van der Waals surface area contributed by atoms with Crippen LogP contribution in [0.2, 0.25) is 0 Å². The molecule has 0 saturated heterocycles. The van der Waals surface area contributed by atoms with E-state index in [2.05, 4.69) is 4.98 Å². The molecule has 4 heteroatoms. The quantitative estimate of drug-likeness (QED) is 0.715. The largest absolute Gasteiger partial charge is 0.399 e. The molecule has 0 aliphatic rings. The van der Waals surface area contributed by atoms with Gasteiger partial charge in [0, 0.05) is 25.2 Å². The Hall–Kier alpha value is -2.36. The lowest BCUT2D eigenvalue weighted by Crippen LogP contribution is -1.99. The summed E-state index contributed by atoms with van der Waals surface area (Å²) in [5.41, 5.74) is 9.22. The van der Waals surface area contributed by atoms with E-state index in [1.807, 2.05) is 35.9 Å². The van der Waals surface area contributed by atoms with E-state index in [1.165, 1.54) is 12.1 Å². The Morgan fingerprint density at radius 2 is 2.05 bits per heavy atom. The smallest absolute Gasteiger partial charge is 0.125 e. The molecule has 0 radical (unpaired) electrons. The molecule has 0 atom stereocenters. The normalized spacial score (nSPS) is 11.1. The predicted octanol–water partition coefficient (Wildman–Crippen LogP) is 2.89. The Balaban J connectivity index is 2.03. The SMILES string of the molecule is Cn1c(Cc2cccc(N)c2)nc2cc(F)ccc21. The van der Waals surface area contributed by atoms with Crippen LogP contribution in [0.5, 0.6) is 0 Å². The minimum Gasteiger partial charge on any atom is -0.399 e. The molecule has 0 fully saturated rings. The lowest BCUT2D eigenvalue weighted by atomic mass is 10.1. The number of benzene rings is 2. The van der Waals surface area contributed by atoms with Gasteiger partial charge in [0.1, 0.15) is 11.6 Å². The highest BCUT2D eigenvalue weighted by Gasteiger charge is 2.09. The Kier molecular flexibility index (Phi) is 2.71. The number of fused-ring (bicyclic) bond motifs is 1. The van der Waals surface area contributed by atoms with Crippen molar-refractivity contribution in [1.82, 2.24) is 9.55 Å². The fraction of sp³-hybridized carbons (Fsp3) is 0.133. The van der Waals surface area contributed by atoms with E-state index in [0.29, 0.717) is 11.9 Å². The van der Waals surface area contributed by atoms with Crippen LogP contribution >= 0.6 is 0 Å². The molecule has 0 saturated carbocycles. The van der Waals surface area contributed by atoms with Gasteiger partial charge < -0.3 is 10.3 Å². The first-order valence-corrected chi connectivity index (χ1v) is 6.09. The predicted molar refractivity (Wildman–Crippen MR) is 74.3 cm³/mol. The zero-order valence-corrected chi connectivity index (χ0v) is 10.6. The molecule has 0 spiro atoms. The maximum Gasteiger partial charge on any atom is 0.125 e. The minimum absolute atomic E-state index is 0.263. The monoisotopic (exact) mass is 255 g/mol. The number of hydrogen-bond acceptors (Lipinski definition) is 2. The molecular formula is C15H14FN3. The first-order valence-electron chi connectivity index (χ1n) is 6.09. The van der Waals surface area contributed by atoms with Gasteiger partial charge in [0.2, 0.25) is 0 Å². The second-order valence-electron chi connectivity index (χ2n) is 4.64. The molecule has 0 unspecified atom stereocenters. The molecule has 1 aromatic heterocycles. The number of nitrogens with zero attached hydrogens (tertiary/aromatic N) is 2. The average molecular weight is 255 g/mol. The number of aromatic nitrogens is 2. The third-order valence-corrected chi connectivity index (χ3v) is 3.25. The molecule has 0 aliphatic heterocycles. The molecule has 1 heterocycles. The van der Waals surface area contributed by atoms with Crippen molar-refractivity contribution in [3.8, 4) is 0 Å². The Morgan fingerprint density at radius 1 is 1.21 bits per heavy atom. The molecule has 0 aliphatic carbocycles. The van der Waals surface area contributed by atoms with Crippen LogP contribution in [0, 0.1) is 5.82 Å². The Labute approximate surface area is 110 Å². The zero-order valence-electron chi connectivity index (χ0n) is 10.6. The summed E-state index contributed by atoms with van der Waals surface area (Å²) in [6.07, 6.45) is 0.678. The van der Waals surface area contributed by atoms with E-state index in [9.17, 15) is 4.39 Å². The van der Waals surface area contributed by atoms with Crippen molar-refractivity contribution in [2.24, 2.45) is 7.05 Å². The summed E-state index contributed by atoms with van der Waals surface area (Å²) >= 11 is 0. The van der Waals surface area contributed by atoms with Gasteiger partial charge >= 0.3 is 0 Å². The summed E-state index contributed by atoms with van der Waals surface area (Å²) in [6.45, 7) is 0. The maximum atomic E-state index is 13.2. The molecule has 3 aromatic rings. The number of hydrogen-bond donors (Lipinski definition) is 1. The summed E-state index contributed by atoms with van der Waals surface area (Å²) in [7, 11) is 1.94. The summed E-state index contributed by atoms with van der Waals surface area (Å²) in [5.74, 6) is 0.632. The molecule has 2 N–H and O–H groups in total. The molecule has 96 valence electrons. The molecule has 0 bridgehead atoms. The number of anilines is 1. The molecule has 19 heavy (non-hydrogen) atoms. The van der Waals surface area contributed by atoms with E-state index >= 15 is 0 Å². The second-order valence-corrected chi connectivity index (χ2v) is 4.64. The van der Waals surface area contributed by atoms with Crippen molar-refractivity contribution in [3.63, 3.8) is 0 Å². The first kappa shape index (κ1) is 11.7. The summed E-state index contributed by atoms with van der Waals surface area (Å²) in [5, 5.41) is 0. The Bertz CT molecular complexity index is 746. The van der Waals surface area contributed by atoms with Crippen LogP contribution in [0.1, 0.15) is 11.4 Å². The minimum atomic E-state index is -0.263. The molecular weight excluding hydrogens is 241 g/mol. The van der Waals surface area contributed by atoms with Crippen LogP contribution in [0.3, 0.4) is 0 Å². The van der Waals surface area contributed by atoms with Gasteiger partial charge in [-0.1, -0.05) is 12.1 Å². The lowest BCUT2D eigenvalue weighted by Gasteiger charge is -2.03. The summed E-state index contributed by atoms with van der Waals surface area (Å²) in [4.78, 5) is 4.48. The van der Waals surface area contributed by atoms with Crippen molar-refractivity contribution in [2.75, 3.05) is 5.73 Å². The van der Waals surface area contributed by atoms with E-state index < -0.39 is 0 Å². The third-order valence-electron chi connectivity index (χ3n) is 3.25. The van der Waals surface area contributed by atoms with Crippen molar-refractivity contribution in [2.45, 2.75) is 6.42 Å². The van der Waals surface area contributed by atoms with Crippen LogP contribution in [0.25, 0.3) is 11.0 Å². The van der Waals surface area contributed by atoms with Crippen LogP contribution in [-0.2, 0) is 13.5 Å². The van der Waals surface area contributed by atoms with Gasteiger partial charge in [-0.15, -0.1) is 0 Å². The highest BCUT2D eigenvalue weighted by molar-refractivity contribution is 5.76. The van der Waals surface area contributed by atoms with Crippen molar-refractivity contribution < 1.29 is 4.39 Å². The van der Waals surface area contributed by atoms with Gasteiger partial charge in [-0.3, -0.25) is 0 Å². The first-order chi connectivity index (χ1) is 9.13. The van der Waals surface area contributed by atoms with Gasteiger partial charge in [-0.25, -0.2) is 9.37 Å². The number of aryl methyl sites for hydroxylation is 1. The van der Waals surface area contributed by atoms with Gasteiger partial charge in [-0.05, 0) is 29.8 Å².